The van der Waals surface area contributed by atoms with Gasteiger partial charge >= 0.3 is 0 Å². The Bertz CT molecular complexity index is 1300. The fraction of sp³-hybridized carbons (Fsp3) is 0.308. The largest absolute Gasteiger partial charge is 0.494 e. The molecule has 1 aliphatic heterocycles. The van der Waals surface area contributed by atoms with Crippen LogP contribution in [-0.4, -0.2) is 60.2 Å². The minimum Gasteiger partial charge on any atom is -0.494 e. The van der Waals surface area contributed by atoms with Gasteiger partial charge in [0.25, 0.3) is 0 Å². The molecule has 2 N–H and O–H groups in total. The minimum absolute atomic E-state index is 0.245. The number of rotatable bonds is 6. The quantitative estimate of drug-likeness (QED) is 0.420. The number of piperidine rings is 1. The van der Waals surface area contributed by atoms with Crippen molar-refractivity contribution in [3.05, 3.63) is 60.7 Å². The monoisotopic (exact) mass is 460 g/mol. The number of ether oxygens (including phenoxy) is 1. The highest BCUT2D eigenvalue weighted by atomic mass is 19.1. The van der Waals surface area contributed by atoms with Crippen LogP contribution in [-0.2, 0) is 0 Å². The van der Waals surface area contributed by atoms with Crippen molar-refractivity contribution in [1.82, 2.24) is 19.9 Å². The first-order valence-corrected chi connectivity index (χ1v) is 11.5. The number of aromatic amines is 1. The molecule has 1 saturated heterocycles. The Morgan fingerprint density at radius 1 is 1.15 bits per heavy atom. The van der Waals surface area contributed by atoms with Crippen LogP contribution in [0.15, 0.2) is 54.9 Å². The van der Waals surface area contributed by atoms with Crippen molar-refractivity contribution < 1.29 is 9.13 Å². The Labute approximate surface area is 198 Å². The zero-order chi connectivity index (χ0) is 23.7. The minimum atomic E-state index is -0.473. The number of hydrogen-bond donors (Lipinski definition) is 2. The van der Waals surface area contributed by atoms with Crippen molar-refractivity contribution >= 4 is 28.2 Å². The zero-order valence-corrected chi connectivity index (χ0v) is 19.7. The van der Waals surface area contributed by atoms with Crippen LogP contribution in [0.4, 0.5) is 21.7 Å². The van der Waals surface area contributed by atoms with E-state index < -0.39 is 5.82 Å². The lowest BCUT2D eigenvalue weighted by Gasteiger charge is -2.36. The summed E-state index contributed by atoms with van der Waals surface area (Å²) in [4.78, 5) is 16.5. The molecule has 5 rings (SSSR count). The van der Waals surface area contributed by atoms with E-state index in [1.54, 1.807) is 13.3 Å². The molecule has 34 heavy (non-hydrogen) atoms. The molecule has 0 saturated carbocycles. The van der Waals surface area contributed by atoms with Gasteiger partial charge in [-0.1, -0.05) is 18.2 Å². The lowest BCUT2D eigenvalue weighted by atomic mass is 10.0. The van der Waals surface area contributed by atoms with Crippen molar-refractivity contribution in [2.75, 3.05) is 44.5 Å². The summed E-state index contributed by atoms with van der Waals surface area (Å²) in [6.07, 6.45) is 5.24. The molecule has 1 aliphatic rings. The second-order valence-corrected chi connectivity index (χ2v) is 8.83. The van der Waals surface area contributed by atoms with Crippen LogP contribution in [0.1, 0.15) is 12.8 Å². The van der Waals surface area contributed by atoms with Gasteiger partial charge in [0.05, 0.1) is 19.0 Å². The fourth-order valence-corrected chi connectivity index (χ4v) is 4.62. The first kappa shape index (κ1) is 22.2. The van der Waals surface area contributed by atoms with Crippen LogP contribution >= 0.6 is 0 Å². The van der Waals surface area contributed by atoms with Crippen molar-refractivity contribution in [1.29, 1.82) is 0 Å². The highest BCUT2D eigenvalue weighted by molar-refractivity contribution is 5.94. The number of benzene rings is 2. The summed E-state index contributed by atoms with van der Waals surface area (Å²) >= 11 is 0. The van der Waals surface area contributed by atoms with E-state index in [9.17, 15) is 4.39 Å². The van der Waals surface area contributed by atoms with Crippen LogP contribution in [0, 0.1) is 5.82 Å². The molecule has 2 aromatic heterocycles. The third-order valence-corrected chi connectivity index (χ3v) is 6.58. The van der Waals surface area contributed by atoms with Gasteiger partial charge in [0.15, 0.2) is 5.82 Å². The number of nitrogens with zero attached hydrogens (tertiary/aromatic N) is 4. The number of H-pyrrole nitrogens is 1. The van der Waals surface area contributed by atoms with E-state index in [4.69, 9.17) is 4.74 Å². The summed E-state index contributed by atoms with van der Waals surface area (Å²) in [5, 5.41) is 4.11. The molecule has 0 aliphatic carbocycles. The van der Waals surface area contributed by atoms with Crippen LogP contribution in [0.25, 0.3) is 22.2 Å². The molecule has 0 bridgehead atoms. The molecule has 176 valence electrons. The SMILES string of the molecule is COc1cc(N2CCC(N(C)C)CC2)ccc1Nc1ncc(F)c(-c2c[nH]c3ccccc23)n1. The van der Waals surface area contributed by atoms with Gasteiger partial charge < -0.3 is 24.8 Å². The van der Waals surface area contributed by atoms with Crippen LogP contribution in [0.2, 0.25) is 0 Å². The van der Waals surface area contributed by atoms with Gasteiger partial charge in [0.2, 0.25) is 5.95 Å². The molecule has 1 fully saturated rings. The molecule has 0 atom stereocenters. The molecular weight excluding hydrogens is 431 g/mol. The van der Waals surface area contributed by atoms with Gasteiger partial charge in [0, 0.05) is 53.5 Å². The molecule has 8 heteroatoms. The molecular formula is C26H29FN6O. The van der Waals surface area contributed by atoms with Gasteiger partial charge in [-0.3, -0.25) is 0 Å². The number of fused-ring (bicyclic) bond motifs is 1. The Kier molecular flexibility index (Phi) is 6.06. The number of halogens is 1. The van der Waals surface area contributed by atoms with E-state index in [0.717, 1.165) is 48.2 Å². The summed E-state index contributed by atoms with van der Waals surface area (Å²) < 4.78 is 20.3. The third kappa shape index (κ3) is 4.28. The highest BCUT2D eigenvalue weighted by Gasteiger charge is 2.22. The van der Waals surface area contributed by atoms with Gasteiger partial charge in [-0.2, -0.15) is 0 Å². The van der Waals surface area contributed by atoms with E-state index >= 15 is 0 Å². The molecule has 0 radical (unpaired) electrons. The molecule has 2 aromatic carbocycles. The predicted molar refractivity (Wildman–Crippen MR) is 134 cm³/mol. The first-order valence-electron chi connectivity index (χ1n) is 11.5. The van der Waals surface area contributed by atoms with Gasteiger partial charge in [-0.05, 0) is 45.1 Å². The van der Waals surface area contributed by atoms with Crippen LogP contribution in [0.5, 0.6) is 5.75 Å². The van der Waals surface area contributed by atoms with Gasteiger partial charge in [-0.15, -0.1) is 0 Å². The summed E-state index contributed by atoms with van der Waals surface area (Å²) in [6.45, 7) is 2.02. The second kappa shape index (κ2) is 9.30. The zero-order valence-electron chi connectivity index (χ0n) is 19.7. The third-order valence-electron chi connectivity index (χ3n) is 6.58. The maximum atomic E-state index is 14.7. The van der Waals surface area contributed by atoms with E-state index in [0.29, 0.717) is 23.3 Å². The van der Waals surface area contributed by atoms with Gasteiger partial charge in [0.1, 0.15) is 11.4 Å². The van der Waals surface area contributed by atoms with Crippen LogP contribution in [0.3, 0.4) is 0 Å². The van der Waals surface area contributed by atoms with E-state index in [1.165, 1.54) is 6.20 Å². The molecule has 0 amide bonds. The summed E-state index contributed by atoms with van der Waals surface area (Å²) in [7, 11) is 5.93. The average molecular weight is 461 g/mol. The maximum Gasteiger partial charge on any atom is 0.228 e. The molecule has 4 aromatic rings. The van der Waals surface area contributed by atoms with E-state index in [-0.39, 0.29) is 5.69 Å². The number of aromatic nitrogens is 3. The maximum absolute atomic E-state index is 14.7. The molecule has 0 unspecified atom stereocenters. The van der Waals surface area contributed by atoms with E-state index in [1.807, 2.05) is 36.4 Å². The Balaban J connectivity index is 1.39. The summed E-state index contributed by atoms with van der Waals surface area (Å²) in [5.74, 6) is 0.520. The molecule has 3 heterocycles. The summed E-state index contributed by atoms with van der Waals surface area (Å²) in [5.41, 5.74) is 3.72. The van der Waals surface area contributed by atoms with Crippen molar-refractivity contribution in [2.24, 2.45) is 0 Å². The van der Waals surface area contributed by atoms with E-state index in [2.05, 4.69) is 50.2 Å². The molecule has 7 nitrogen and oxygen atoms in total. The Hall–Kier alpha value is -3.65. The summed E-state index contributed by atoms with van der Waals surface area (Å²) in [6, 6.07) is 14.4. The Morgan fingerprint density at radius 2 is 1.94 bits per heavy atom. The highest BCUT2D eigenvalue weighted by Crippen LogP contribution is 2.34. The standard InChI is InChI=1S/C26H29FN6O/c1-32(2)17-10-12-33(13-11-17)18-8-9-23(24(14-18)34-3)30-26-29-16-21(27)25(31-26)20-15-28-22-7-5-4-6-19(20)22/h4-9,14-17,28H,10-13H2,1-3H3,(H,29,30,31). The predicted octanol–water partition coefficient (Wildman–Crippen LogP) is 5.05. The number of hydrogen-bond acceptors (Lipinski definition) is 6. The van der Waals surface area contributed by atoms with Crippen molar-refractivity contribution in [2.45, 2.75) is 18.9 Å². The number of nitrogens with one attached hydrogen (secondary N) is 2. The van der Waals surface area contributed by atoms with Crippen molar-refractivity contribution in [3.63, 3.8) is 0 Å². The lowest BCUT2D eigenvalue weighted by molar-refractivity contribution is 0.249. The van der Waals surface area contributed by atoms with Gasteiger partial charge in [-0.25, -0.2) is 14.4 Å². The number of anilines is 3. The number of methoxy groups -OCH3 is 1. The lowest BCUT2D eigenvalue weighted by Crippen LogP contribution is -2.41. The topological polar surface area (TPSA) is 69.3 Å². The smallest absolute Gasteiger partial charge is 0.228 e. The average Bonchev–Trinajstić information content (AvgIpc) is 3.29. The normalized spacial score (nSPS) is 14.7. The second-order valence-electron chi connectivity index (χ2n) is 8.83. The first-order chi connectivity index (χ1) is 16.5. The van der Waals surface area contributed by atoms with Crippen LogP contribution < -0.4 is 15.0 Å². The number of para-hydroxylation sites is 1. The van der Waals surface area contributed by atoms with Crippen molar-refractivity contribution in [3.8, 4) is 17.0 Å². The Morgan fingerprint density at radius 3 is 2.71 bits per heavy atom. The fourth-order valence-electron chi connectivity index (χ4n) is 4.62. The molecule has 0 spiro atoms.